The molecule has 3 heteroatoms. The molecule has 0 amide bonds. The van der Waals surface area contributed by atoms with E-state index in [-0.39, 0.29) is 6.04 Å². The Labute approximate surface area is 98.7 Å². The molecule has 16 heavy (non-hydrogen) atoms. The molecule has 0 radical (unpaired) electrons. The molecular weight excluding hydrogens is 218 g/mol. The van der Waals surface area contributed by atoms with Gasteiger partial charge in [-0.1, -0.05) is 18.2 Å². The molecule has 2 heterocycles. The third-order valence-electron chi connectivity index (χ3n) is 2.92. The van der Waals surface area contributed by atoms with Crippen LogP contribution < -0.4 is 10.5 Å². The van der Waals surface area contributed by atoms with Gasteiger partial charge >= 0.3 is 0 Å². The maximum Gasteiger partial charge on any atom is 0.122 e. The Bertz CT molecular complexity index is 493. The zero-order chi connectivity index (χ0) is 11.0. The molecule has 3 rings (SSSR count). The summed E-state index contributed by atoms with van der Waals surface area (Å²) in [6.45, 7) is 0.799. The van der Waals surface area contributed by atoms with Crippen molar-refractivity contribution in [1.29, 1.82) is 0 Å². The van der Waals surface area contributed by atoms with Gasteiger partial charge in [0.2, 0.25) is 0 Å². The van der Waals surface area contributed by atoms with Crippen LogP contribution >= 0.6 is 11.3 Å². The average Bonchev–Trinajstić information content (AvgIpc) is 2.98. The summed E-state index contributed by atoms with van der Waals surface area (Å²) < 4.78 is 5.49. The van der Waals surface area contributed by atoms with E-state index in [1.807, 2.05) is 12.1 Å². The number of nitrogens with two attached hydrogens (primary N) is 1. The van der Waals surface area contributed by atoms with Crippen molar-refractivity contribution in [2.24, 2.45) is 5.73 Å². The van der Waals surface area contributed by atoms with Gasteiger partial charge in [-0.2, -0.15) is 0 Å². The number of hydrogen-bond acceptors (Lipinski definition) is 3. The van der Waals surface area contributed by atoms with Gasteiger partial charge in [-0.25, -0.2) is 0 Å². The molecule has 0 spiro atoms. The van der Waals surface area contributed by atoms with Gasteiger partial charge in [-0.3, -0.25) is 0 Å². The summed E-state index contributed by atoms with van der Waals surface area (Å²) in [6.07, 6.45) is 1.00. The van der Waals surface area contributed by atoms with E-state index in [1.165, 1.54) is 16.0 Å². The minimum atomic E-state index is -0.00843. The van der Waals surface area contributed by atoms with Crippen molar-refractivity contribution in [3.8, 4) is 5.75 Å². The quantitative estimate of drug-likeness (QED) is 0.862. The van der Waals surface area contributed by atoms with Crippen LogP contribution in [0.25, 0.3) is 0 Å². The van der Waals surface area contributed by atoms with E-state index in [1.54, 1.807) is 11.3 Å². The Balaban J connectivity index is 1.95. The zero-order valence-electron chi connectivity index (χ0n) is 8.85. The molecule has 2 aromatic rings. The van der Waals surface area contributed by atoms with Crippen molar-refractivity contribution in [1.82, 2.24) is 0 Å². The minimum Gasteiger partial charge on any atom is -0.493 e. The molecule has 1 aliphatic heterocycles. The number of thiophene rings is 1. The Morgan fingerprint density at radius 3 is 3.06 bits per heavy atom. The summed E-state index contributed by atoms with van der Waals surface area (Å²) in [5.74, 6) is 1.02. The van der Waals surface area contributed by atoms with E-state index < -0.39 is 0 Å². The summed E-state index contributed by atoms with van der Waals surface area (Å²) in [7, 11) is 0. The molecule has 0 aliphatic carbocycles. The first-order valence-electron chi connectivity index (χ1n) is 5.39. The van der Waals surface area contributed by atoms with E-state index in [0.29, 0.717) is 0 Å². The Morgan fingerprint density at radius 2 is 2.25 bits per heavy atom. The smallest absolute Gasteiger partial charge is 0.122 e. The zero-order valence-corrected chi connectivity index (χ0v) is 9.67. The van der Waals surface area contributed by atoms with Crippen molar-refractivity contribution >= 4 is 11.3 Å². The second-order valence-corrected chi connectivity index (χ2v) is 4.94. The number of hydrogen-bond donors (Lipinski definition) is 1. The first-order chi connectivity index (χ1) is 7.84. The third kappa shape index (κ3) is 1.62. The highest BCUT2D eigenvalue weighted by molar-refractivity contribution is 7.10. The monoisotopic (exact) mass is 231 g/mol. The van der Waals surface area contributed by atoms with Crippen LogP contribution in [-0.4, -0.2) is 6.61 Å². The van der Waals surface area contributed by atoms with Gasteiger partial charge < -0.3 is 10.5 Å². The molecule has 0 fully saturated rings. The van der Waals surface area contributed by atoms with Gasteiger partial charge in [0.25, 0.3) is 0 Å². The molecule has 1 unspecified atom stereocenters. The molecule has 2 N–H and O–H groups in total. The van der Waals surface area contributed by atoms with Crippen LogP contribution in [0, 0.1) is 0 Å². The SMILES string of the molecule is NC(c1ccc2c(c1)CCO2)c1cccs1. The lowest BCUT2D eigenvalue weighted by atomic mass is 10.0. The normalized spacial score (nSPS) is 15.6. The van der Waals surface area contributed by atoms with Crippen molar-refractivity contribution in [3.63, 3.8) is 0 Å². The van der Waals surface area contributed by atoms with Gasteiger partial charge in [-0.15, -0.1) is 11.3 Å². The fourth-order valence-electron chi connectivity index (χ4n) is 2.03. The van der Waals surface area contributed by atoms with E-state index in [0.717, 1.165) is 18.8 Å². The second-order valence-electron chi connectivity index (χ2n) is 3.96. The van der Waals surface area contributed by atoms with Gasteiger partial charge in [-0.05, 0) is 28.6 Å². The molecule has 82 valence electrons. The molecule has 1 aromatic heterocycles. The predicted molar refractivity (Wildman–Crippen MR) is 66.0 cm³/mol. The van der Waals surface area contributed by atoms with Crippen LogP contribution in [0.5, 0.6) is 5.75 Å². The van der Waals surface area contributed by atoms with Gasteiger partial charge in [0.05, 0.1) is 12.6 Å². The highest BCUT2D eigenvalue weighted by atomic mass is 32.1. The molecule has 0 saturated heterocycles. The minimum absolute atomic E-state index is 0.00843. The van der Waals surface area contributed by atoms with Crippen molar-refractivity contribution in [2.45, 2.75) is 12.5 Å². The Hall–Kier alpha value is -1.32. The van der Waals surface area contributed by atoms with E-state index in [2.05, 4.69) is 23.6 Å². The molecule has 0 bridgehead atoms. The van der Waals surface area contributed by atoms with Crippen LogP contribution in [0.1, 0.15) is 22.0 Å². The van der Waals surface area contributed by atoms with Crippen LogP contribution in [0.3, 0.4) is 0 Å². The van der Waals surface area contributed by atoms with Crippen LogP contribution in [0.15, 0.2) is 35.7 Å². The lowest BCUT2D eigenvalue weighted by molar-refractivity contribution is 0.357. The molecule has 0 saturated carbocycles. The highest BCUT2D eigenvalue weighted by Crippen LogP contribution is 2.30. The lowest BCUT2D eigenvalue weighted by Crippen LogP contribution is -2.10. The summed E-state index contributed by atoms with van der Waals surface area (Å²) in [4.78, 5) is 1.21. The summed E-state index contributed by atoms with van der Waals surface area (Å²) in [5.41, 5.74) is 8.68. The topological polar surface area (TPSA) is 35.2 Å². The molecule has 2 nitrogen and oxygen atoms in total. The maximum absolute atomic E-state index is 6.22. The van der Waals surface area contributed by atoms with Crippen LogP contribution in [-0.2, 0) is 6.42 Å². The average molecular weight is 231 g/mol. The predicted octanol–water partition coefficient (Wildman–Crippen LogP) is 2.73. The number of benzene rings is 1. The molecule has 1 aromatic carbocycles. The lowest BCUT2D eigenvalue weighted by Gasteiger charge is -2.11. The second kappa shape index (κ2) is 3.92. The summed E-state index contributed by atoms with van der Waals surface area (Å²) in [6, 6.07) is 10.4. The standard InChI is InChI=1S/C13H13NOS/c14-13(12-2-1-7-16-12)10-3-4-11-9(8-10)5-6-15-11/h1-4,7-8,13H,5-6,14H2. The third-order valence-corrected chi connectivity index (χ3v) is 3.88. The van der Waals surface area contributed by atoms with Gasteiger partial charge in [0.15, 0.2) is 0 Å². The van der Waals surface area contributed by atoms with Crippen molar-refractivity contribution in [2.75, 3.05) is 6.61 Å². The fourth-order valence-corrected chi connectivity index (χ4v) is 2.79. The van der Waals surface area contributed by atoms with Crippen LogP contribution in [0.2, 0.25) is 0 Å². The van der Waals surface area contributed by atoms with Gasteiger partial charge in [0.1, 0.15) is 5.75 Å². The Kier molecular flexibility index (Phi) is 2.42. The van der Waals surface area contributed by atoms with E-state index in [4.69, 9.17) is 10.5 Å². The summed E-state index contributed by atoms with van der Waals surface area (Å²) in [5, 5.41) is 2.06. The number of ether oxygens (including phenoxy) is 1. The highest BCUT2D eigenvalue weighted by Gasteiger charge is 2.16. The fraction of sp³-hybridized carbons (Fsp3) is 0.231. The van der Waals surface area contributed by atoms with E-state index in [9.17, 15) is 0 Å². The number of fused-ring (bicyclic) bond motifs is 1. The first kappa shape index (κ1) is 9.87. The van der Waals surface area contributed by atoms with Crippen LogP contribution in [0.4, 0.5) is 0 Å². The van der Waals surface area contributed by atoms with Crippen molar-refractivity contribution < 1.29 is 4.74 Å². The van der Waals surface area contributed by atoms with E-state index >= 15 is 0 Å². The molecular formula is C13H13NOS. The largest absolute Gasteiger partial charge is 0.493 e. The van der Waals surface area contributed by atoms with Crippen molar-refractivity contribution in [3.05, 3.63) is 51.7 Å². The first-order valence-corrected chi connectivity index (χ1v) is 6.27. The molecule has 1 atom stereocenters. The molecule has 1 aliphatic rings. The maximum atomic E-state index is 6.22. The van der Waals surface area contributed by atoms with Gasteiger partial charge in [0, 0.05) is 11.3 Å². The Morgan fingerprint density at radius 1 is 1.31 bits per heavy atom. The summed E-state index contributed by atoms with van der Waals surface area (Å²) >= 11 is 1.70. The number of rotatable bonds is 2.